The van der Waals surface area contributed by atoms with Gasteiger partial charge >= 0.3 is 12.1 Å². The summed E-state index contributed by atoms with van der Waals surface area (Å²) in [5.41, 5.74) is 4.50. The fourth-order valence-corrected chi connectivity index (χ4v) is 4.37. The summed E-state index contributed by atoms with van der Waals surface area (Å²) in [7, 11) is 0. The molecule has 35 heavy (non-hydrogen) atoms. The second kappa shape index (κ2) is 10.3. The molecular formula is C26H25N3O6. The van der Waals surface area contributed by atoms with Crippen LogP contribution in [0.25, 0.3) is 11.1 Å². The van der Waals surface area contributed by atoms with Crippen LogP contribution in [0.2, 0.25) is 0 Å². The van der Waals surface area contributed by atoms with Crippen molar-refractivity contribution in [1.29, 1.82) is 0 Å². The van der Waals surface area contributed by atoms with Gasteiger partial charge in [-0.3, -0.25) is 9.59 Å². The molecule has 3 amide bonds. The summed E-state index contributed by atoms with van der Waals surface area (Å²) < 4.78 is 5.42. The maximum absolute atomic E-state index is 12.3. The van der Waals surface area contributed by atoms with Crippen molar-refractivity contribution in [3.8, 4) is 23.0 Å². The van der Waals surface area contributed by atoms with Gasteiger partial charge in [0.1, 0.15) is 19.2 Å². The van der Waals surface area contributed by atoms with Crippen LogP contribution in [0.3, 0.4) is 0 Å². The zero-order chi connectivity index (χ0) is 24.9. The summed E-state index contributed by atoms with van der Waals surface area (Å²) in [6, 6.07) is 15.1. The van der Waals surface area contributed by atoms with Crippen LogP contribution in [0.15, 0.2) is 48.5 Å². The number of hydrogen-bond acceptors (Lipinski definition) is 5. The minimum absolute atomic E-state index is 0.0548. The van der Waals surface area contributed by atoms with Crippen LogP contribution in [0.1, 0.15) is 24.0 Å². The monoisotopic (exact) mass is 475 g/mol. The number of alkyl carbamates (subject to hydrolysis) is 1. The molecule has 1 aliphatic carbocycles. The van der Waals surface area contributed by atoms with E-state index in [4.69, 9.17) is 9.84 Å². The number of ether oxygens (including phenoxy) is 1. The maximum atomic E-state index is 12.3. The molecule has 2 aromatic rings. The van der Waals surface area contributed by atoms with Gasteiger partial charge in [-0.05, 0) is 35.1 Å². The molecule has 1 atom stereocenters. The Morgan fingerprint density at radius 3 is 2.31 bits per heavy atom. The van der Waals surface area contributed by atoms with Crippen LogP contribution in [-0.2, 0) is 19.1 Å². The van der Waals surface area contributed by atoms with E-state index in [0.717, 1.165) is 22.3 Å². The third-order valence-electron chi connectivity index (χ3n) is 6.23. The number of carboxylic acids is 1. The highest BCUT2D eigenvalue weighted by Crippen LogP contribution is 2.44. The largest absolute Gasteiger partial charge is 0.480 e. The molecule has 1 fully saturated rings. The van der Waals surface area contributed by atoms with Crippen LogP contribution < -0.4 is 5.32 Å². The number of rotatable bonds is 5. The van der Waals surface area contributed by atoms with E-state index in [2.05, 4.69) is 29.3 Å². The first-order valence-corrected chi connectivity index (χ1v) is 11.3. The highest BCUT2D eigenvalue weighted by atomic mass is 16.5. The predicted octanol–water partition coefficient (Wildman–Crippen LogP) is 1.67. The molecule has 0 radical (unpaired) electrons. The topological polar surface area (TPSA) is 116 Å². The van der Waals surface area contributed by atoms with Crippen molar-refractivity contribution in [3.05, 3.63) is 59.7 Å². The van der Waals surface area contributed by atoms with Gasteiger partial charge in [0.2, 0.25) is 5.91 Å². The van der Waals surface area contributed by atoms with E-state index < -0.39 is 29.9 Å². The van der Waals surface area contributed by atoms with E-state index >= 15 is 0 Å². The molecular weight excluding hydrogens is 450 g/mol. The maximum Gasteiger partial charge on any atom is 0.407 e. The molecule has 0 spiro atoms. The van der Waals surface area contributed by atoms with Crippen molar-refractivity contribution in [2.75, 3.05) is 32.8 Å². The number of nitrogens with zero attached hydrogens (tertiary/aromatic N) is 2. The quantitative estimate of drug-likeness (QED) is 0.636. The van der Waals surface area contributed by atoms with Crippen molar-refractivity contribution >= 4 is 23.9 Å². The van der Waals surface area contributed by atoms with Crippen LogP contribution in [-0.4, -0.2) is 77.6 Å². The summed E-state index contributed by atoms with van der Waals surface area (Å²) in [5.74, 6) is 2.80. The minimum Gasteiger partial charge on any atom is -0.480 e. The first-order valence-electron chi connectivity index (χ1n) is 11.3. The number of fused-ring (bicyclic) bond motifs is 3. The van der Waals surface area contributed by atoms with Crippen LogP contribution in [0.4, 0.5) is 4.79 Å². The summed E-state index contributed by atoms with van der Waals surface area (Å²) in [6.07, 6.45) is -0.639. The fraction of sp³-hybridized carbons (Fsp3) is 0.308. The SMILES string of the molecule is CC(C(=O)O)N1CCN(C(=O)C#CCNC(=O)OCC2c3ccccc3-c3ccccc32)CC1=O. The lowest BCUT2D eigenvalue weighted by atomic mass is 9.98. The average Bonchev–Trinajstić information content (AvgIpc) is 3.18. The number of carbonyl (C=O) groups excluding carboxylic acids is 3. The molecule has 1 aliphatic heterocycles. The van der Waals surface area contributed by atoms with E-state index in [0.29, 0.717) is 0 Å². The van der Waals surface area contributed by atoms with E-state index in [9.17, 15) is 19.2 Å². The smallest absolute Gasteiger partial charge is 0.407 e. The summed E-state index contributed by atoms with van der Waals surface area (Å²) >= 11 is 0. The van der Waals surface area contributed by atoms with E-state index in [1.165, 1.54) is 16.7 Å². The number of benzene rings is 2. The molecule has 1 saturated heterocycles. The highest BCUT2D eigenvalue weighted by Gasteiger charge is 2.32. The Balaban J connectivity index is 1.25. The van der Waals surface area contributed by atoms with E-state index in [-0.39, 0.29) is 38.7 Å². The number of carboxylic acid groups (broad SMARTS) is 1. The fourth-order valence-electron chi connectivity index (χ4n) is 4.37. The van der Waals surface area contributed by atoms with Crippen LogP contribution in [0.5, 0.6) is 0 Å². The molecule has 180 valence electrons. The molecule has 0 bridgehead atoms. The minimum atomic E-state index is -1.10. The van der Waals surface area contributed by atoms with Gasteiger partial charge < -0.3 is 25.0 Å². The molecule has 0 aromatic heterocycles. The van der Waals surface area contributed by atoms with Crippen molar-refractivity contribution < 1.29 is 29.0 Å². The molecule has 1 heterocycles. The van der Waals surface area contributed by atoms with Crippen LogP contribution >= 0.6 is 0 Å². The second-order valence-electron chi connectivity index (χ2n) is 8.31. The number of nitrogens with one attached hydrogen (secondary N) is 1. The zero-order valence-corrected chi connectivity index (χ0v) is 19.2. The van der Waals surface area contributed by atoms with Gasteiger partial charge in [-0.2, -0.15) is 0 Å². The standard InChI is InChI=1S/C26H25N3O6/c1-17(25(32)33)29-14-13-28(15-24(29)31)23(30)11-6-12-27-26(34)35-16-22-20-9-4-2-7-18(20)19-8-3-5-10-21(19)22/h2-5,7-10,17,22H,12-16H2,1H3,(H,27,34)(H,32,33). The number of amides is 3. The number of hydrogen-bond donors (Lipinski definition) is 2. The molecule has 1 unspecified atom stereocenters. The van der Waals surface area contributed by atoms with Crippen molar-refractivity contribution in [2.24, 2.45) is 0 Å². The molecule has 9 heteroatoms. The second-order valence-corrected chi connectivity index (χ2v) is 8.31. The number of piperazine rings is 1. The Morgan fingerprint density at radius 2 is 1.71 bits per heavy atom. The van der Waals surface area contributed by atoms with Gasteiger partial charge in [-0.1, -0.05) is 54.5 Å². The van der Waals surface area contributed by atoms with Gasteiger partial charge in [0, 0.05) is 19.0 Å². The molecule has 9 nitrogen and oxygen atoms in total. The number of aliphatic carboxylic acids is 1. The average molecular weight is 476 g/mol. The van der Waals surface area contributed by atoms with Crippen molar-refractivity contribution in [1.82, 2.24) is 15.1 Å². The zero-order valence-electron chi connectivity index (χ0n) is 19.2. The Bertz CT molecular complexity index is 1190. The summed E-state index contributed by atoms with van der Waals surface area (Å²) in [5, 5.41) is 11.6. The Hall–Kier alpha value is -4.32. The first kappa shape index (κ1) is 23.8. The first-order chi connectivity index (χ1) is 16.9. The van der Waals surface area contributed by atoms with Crippen LogP contribution in [0, 0.1) is 11.8 Å². The normalized spacial score (nSPS) is 15.4. The van der Waals surface area contributed by atoms with Gasteiger partial charge in [0.15, 0.2) is 0 Å². The van der Waals surface area contributed by atoms with E-state index in [1.807, 2.05) is 36.4 Å². The molecule has 2 aromatic carbocycles. The Kier molecular flexibility index (Phi) is 7.01. The van der Waals surface area contributed by atoms with Crippen molar-refractivity contribution in [3.63, 3.8) is 0 Å². The van der Waals surface area contributed by atoms with Gasteiger partial charge in [-0.15, -0.1) is 0 Å². The Morgan fingerprint density at radius 1 is 1.09 bits per heavy atom. The summed E-state index contributed by atoms with van der Waals surface area (Å²) in [6.45, 7) is 1.59. The summed E-state index contributed by atoms with van der Waals surface area (Å²) in [4.78, 5) is 50.1. The molecule has 2 N–H and O–H groups in total. The lowest BCUT2D eigenvalue weighted by Gasteiger charge is -2.35. The van der Waals surface area contributed by atoms with Gasteiger partial charge in [0.05, 0.1) is 6.54 Å². The lowest BCUT2D eigenvalue weighted by molar-refractivity contribution is -0.153. The number of carbonyl (C=O) groups is 4. The van der Waals surface area contributed by atoms with Crippen molar-refractivity contribution in [2.45, 2.75) is 18.9 Å². The Labute approximate surface area is 202 Å². The highest BCUT2D eigenvalue weighted by molar-refractivity contribution is 5.97. The third kappa shape index (κ3) is 5.11. The molecule has 0 saturated carbocycles. The molecule has 2 aliphatic rings. The lowest BCUT2D eigenvalue weighted by Crippen LogP contribution is -2.56. The predicted molar refractivity (Wildman–Crippen MR) is 126 cm³/mol. The van der Waals surface area contributed by atoms with Gasteiger partial charge in [0.25, 0.3) is 5.91 Å². The van der Waals surface area contributed by atoms with E-state index in [1.54, 1.807) is 0 Å². The molecule has 4 rings (SSSR count). The van der Waals surface area contributed by atoms with Gasteiger partial charge in [-0.25, -0.2) is 9.59 Å². The third-order valence-corrected chi connectivity index (χ3v) is 6.23.